The van der Waals surface area contributed by atoms with E-state index >= 15 is 0 Å². The summed E-state index contributed by atoms with van der Waals surface area (Å²) in [5.41, 5.74) is -0.145. The Morgan fingerprint density at radius 2 is 2.00 bits per heavy atom. The van der Waals surface area contributed by atoms with E-state index in [9.17, 15) is 13.6 Å². The number of benzene rings is 1. The molecule has 0 bridgehead atoms. The largest absolute Gasteiger partial charge is 0.480 e. The molecule has 5 nitrogen and oxygen atoms in total. The highest BCUT2D eigenvalue weighted by molar-refractivity contribution is 6.02. The Morgan fingerprint density at radius 3 is 2.58 bits per heavy atom. The smallest absolute Gasteiger partial charge is 0.276 e. The van der Waals surface area contributed by atoms with Crippen LogP contribution in [0.3, 0.4) is 0 Å². The summed E-state index contributed by atoms with van der Waals surface area (Å²) in [4.78, 5) is 11.7. The molecule has 0 spiro atoms. The van der Waals surface area contributed by atoms with Crippen LogP contribution in [-0.2, 0) is 0 Å². The number of aromatic nitrogens is 2. The van der Waals surface area contributed by atoms with E-state index in [-0.39, 0.29) is 17.3 Å². The van der Waals surface area contributed by atoms with Crippen molar-refractivity contribution in [2.75, 3.05) is 12.4 Å². The fourth-order valence-corrected chi connectivity index (χ4v) is 1.33. The maximum Gasteiger partial charge on any atom is 0.276 e. The van der Waals surface area contributed by atoms with Gasteiger partial charge in [-0.1, -0.05) is 0 Å². The van der Waals surface area contributed by atoms with Crippen molar-refractivity contribution in [3.63, 3.8) is 0 Å². The number of hydrogen-bond acceptors (Lipinski definition) is 4. The zero-order valence-corrected chi connectivity index (χ0v) is 9.85. The fraction of sp³-hybridized carbons (Fsp3) is 0.0833. The number of halogens is 2. The van der Waals surface area contributed by atoms with Crippen LogP contribution in [0.1, 0.15) is 10.5 Å². The molecule has 2 rings (SSSR count). The van der Waals surface area contributed by atoms with E-state index in [1.54, 1.807) is 0 Å². The third-order valence-corrected chi connectivity index (χ3v) is 2.26. The Bertz CT molecular complexity index is 602. The first-order chi connectivity index (χ1) is 9.10. The monoisotopic (exact) mass is 265 g/mol. The number of ether oxygens (including phenoxy) is 1. The minimum atomic E-state index is -0.866. The summed E-state index contributed by atoms with van der Waals surface area (Å²) in [5, 5.41) is 9.49. The van der Waals surface area contributed by atoms with Gasteiger partial charge in [0.1, 0.15) is 11.6 Å². The average Bonchev–Trinajstić information content (AvgIpc) is 2.42. The topological polar surface area (TPSA) is 64.1 Å². The molecular weight excluding hydrogens is 256 g/mol. The Hall–Kier alpha value is -2.57. The second-order valence-corrected chi connectivity index (χ2v) is 3.54. The van der Waals surface area contributed by atoms with E-state index in [4.69, 9.17) is 4.74 Å². The number of methoxy groups -OCH3 is 1. The van der Waals surface area contributed by atoms with Gasteiger partial charge in [0, 0.05) is 12.1 Å². The van der Waals surface area contributed by atoms with Crippen molar-refractivity contribution in [1.82, 2.24) is 10.2 Å². The zero-order chi connectivity index (χ0) is 13.8. The molecular formula is C12H9F2N3O2. The minimum absolute atomic E-state index is 0.00970. The van der Waals surface area contributed by atoms with Gasteiger partial charge in [-0.25, -0.2) is 8.78 Å². The second-order valence-electron chi connectivity index (χ2n) is 3.54. The highest BCUT2D eigenvalue weighted by Crippen LogP contribution is 2.15. The number of nitrogens with one attached hydrogen (secondary N) is 1. The molecule has 0 aliphatic carbocycles. The number of rotatable bonds is 3. The normalized spacial score (nSPS) is 10.1. The quantitative estimate of drug-likeness (QED) is 0.922. The molecule has 0 radical (unpaired) electrons. The summed E-state index contributed by atoms with van der Waals surface area (Å²) in [6, 6.07) is 5.67. The molecule has 0 saturated heterocycles. The van der Waals surface area contributed by atoms with Crippen molar-refractivity contribution in [1.29, 1.82) is 0 Å². The van der Waals surface area contributed by atoms with Crippen LogP contribution >= 0.6 is 0 Å². The predicted molar refractivity (Wildman–Crippen MR) is 62.9 cm³/mol. The fourth-order valence-electron chi connectivity index (χ4n) is 1.33. The lowest BCUT2D eigenvalue weighted by molar-refractivity contribution is 0.102. The van der Waals surface area contributed by atoms with Crippen LogP contribution in [0, 0.1) is 11.6 Å². The van der Waals surface area contributed by atoms with Gasteiger partial charge < -0.3 is 10.1 Å². The van der Waals surface area contributed by atoms with E-state index in [2.05, 4.69) is 15.5 Å². The average molecular weight is 265 g/mol. The van der Waals surface area contributed by atoms with Crippen molar-refractivity contribution in [2.24, 2.45) is 0 Å². The van der Waals surface area contributed by atoms with Gasteiger partial charge in [0.15, 0.2) is 5.69 Å². The van der Waals surface area contributed by atoms with Crippen LogP contribution in [0.15, 0.2) is 30.3 Å². The summed E-state index contributed by atoms with van der Waals surface area (Å²) in [5.74, 6) is -1.99. The maximum absolute atomic E-state index is 13.3. The highest BCUT2D eigenvalue weighted by Gasteiger charge is 2.12. The predicted octanol–water partition coefficient (Wildman–Crippen LogP) is 2.02. The minimum Gasteiger partial charge on any atom is -0.480 e. The molecule has 2 aromatic rings. The van der Waals surface area contributed by atoms with Gasteiger partial charge in [0.2, 0.25) is 5.88 Å². The first-order valence-corrected chi connectivity index (χ1v) is 5.24. The molecule has 1 aromatic carbocycles. The summed E-state index contributed by atoms with van der Waals surface area (Å²) in [7, 11) is 1.41. The standard InChI is InChI=1S/C12H9F2N3O2/c1-19-11-5-4-10(16-17-11)12(18)15-9-3-2-7(13)6-8(9)14/h2-6H,1H3,(H,15,18). The number of anilines is 1. The number of carbonyl (C=O) groups excluding carboxylic acids is 1. The first kappa shape index (κ1) is 12.9. The molecule has 19 heavy (non-hydrogen) atoms. The number of hydrogen-bond donors (Lipinski definition) is 1. The highest BCUT2D eigenvalue weighted by atomic mass is 19.1. The molecule has 0 fully saturated rings. The van der Waals surface area contributed by atoms with Crippen molar-refractivity contribution in [3.05, 3.63) is 47.7 Å². The van der Waals surface area contributed by atoms with Crippen LogP contribution in [0.25, 0.3) is 0 Å². The maximum atomic E-state index is 13.3. The lowest BCUT2D eigenvalue weighted by atomic mass is 10.3. The van der Waals surface area contributed by atoms with Gasteiger partial charge in [-0.15, -0.1) is 10.2 Å². The Balaban J connectivity index is 2.15. The van der Waals surface area contributed by atoms with E-state index in [1.807, 2.05) is 0 Å². The summed E-state index contributed by atoms with van der Waals surface area (Å²) in [6.45, 7) is 0. The third kappa shape index (κ3) is 3.01. The van der Waals surface area contributed by atoms with E-state index < -0.39 is 17.5 Å². The van der Waals surface area contributed by atoms with Gasteiger partial charge >= 0.3 is 0 Å². The van der Waals surface area contributed by atoms with E-state index in [0.717, 1.165) is 12.1 Å². The lowest BCUT2D eigenvalue weighted by Crippen LogP contribution is -2.15. The molecule has 0 saturated carbocycles. The Labute approximate surface area is 107 Å². The van der Waals surface area contributed by atoms with E-state index in [1.165, 1.54) is 19.2 Å². The molecule has 0 aliphatic heterocycles. The van der Waals surface area contributed by atoms with Crippen LogP contribution < -0.4 is 10.1 Å². The van der Waals surface area contributed by atoms with Crippen molar-refractivity contribution in [3.8, 4) is 5.88 Å². The van der Waals surface area contributed by atoms with Gasteiger partial charge in [0.25, 0.3) is 5.91 Å². The number of carbonyl (C=O) groups is 1. The molecule has 0 unspecified atom stereocenters. The Morgan fingerprint density at radius 1 is 1.21 bits per heavy atom. The van der Waals surface area contributed by atoms with E-state index in [0.29, 0.717) is 6.07 Å². The molecule has 1 aromatic heterocycles. The molecule has 0 atom stereocenters. The van der Waals surface area contributed by atoms with Gasteiger partial charge in [-0.3, -0.25) is 4.79 Å². The summed E-state index contributed by atoms with van der Waals surface area (Å²) >= 11 is 0. The number of nitrogens with zero attached hydrogens (tertiary/aromatic N) is 2. The summed E-state index contributed by atoms with van der Waals surface area (Å²) in [6.07, 6.45) is 0. The summed E-state index contributed by atoms with van der Waals surface area (Å²) < 4.78 is 30.8. The molecule has 7 heteroatoms. The van der Waals surface area contributed by atoms with Crippen molar-refractivity contribution < 1.29 is 18.3 Å². The molecule has 1 amide bonds. The van der Waals surface area contributed by atoms with Crippen LogP contribution in [0.4, 0.5) is 14.5 Å². The van der Waals surface area contributed by atoms with Crippen molar-refractivity contribution >= 4 is 11.6 Å². The van der Waals surface area contributed by atoms with Gasteiger partial charge in [-0.2, -0.15) is 0 Å². The van der Waals surface area contributed by atoms with Crippen LogP contribution in [-0.4, -0.2) is 23.2 Å². The van der Waals surface area contributed by atoms with Gasteiger partial charge in [-0.05, 0) is 18.2 Å². The molecule has 1 heterocycles. The number of amides is 1. The molecule has 1 N–H and O–H groups in total. The lowest BCUT2D eigenvalue weighted by Gasteiger charge is -2.05. The third-order valence-electron chi connectivity index (χ3n) is 2.26. The SMILES string of the molecule is COc1ccc(C(=O)Nc2ccc(F)cc2F)nn1. The first-order valence-electron chi connectivity index (χ1n) is 5.24. The Kier molecular flexibility index (Phi) is 3.65. The molecule has 98 valence electrons. The zero-order valence-electron chi connectivity index (χ0n) is 9.85. The van der Waals surface area contributed by atoms with Crippen LogP contribution in [0.2, 0.25) is 0 Å². The molecule has 0 aliphatic rings. The second kappa shape index (κ2) is 5.38. The van der Waals surface area contributed by atoms with Gasteiger partial charge in [0.05, 0.1) is 12.8 Å². The van der Waals surface area contributed by atoms with Crippen molar-refractivity contribution in [2.45, 2.75) is 0 Å². The van der Waals surface area contributed by atoms with Crippen LogP contribution in [0.5, 0.6) is 5.88 Å².